The van der Waals surface area contributed by atoms with E-state index in [1.165, 1.54) is 53.9 Å². The number of sulfonamides is 1. The number of piperidine rings is 1. The monoisotopic (exact) mass is 419 g/mol. The van der Waals surface area contributed by atoms with Gasteiger partial charge in [-0.2, -0.15) is 4.31 Å². The molecule has 0 aliphatic carbocycles. The van der Waals surface area contributed by atoms with Crippen molar-refractivity contribution in [3.8, 4) is 5.75 Å². The van der Waals surface area contributed by atoms with Gasteiger partial charge in [0.1, 0.15) is 5.75 Å². The molecular formula is C19H21N3O6S. The van der Waals surface area contributed by atoms with Crippen LogP contribution < -0.4 is 10.1 Å². The van der Waals surface area contributed by atoms with Crippen LogP contribution in [-0.2, 0) is 10.0 Å². The Bertz CT molecular complexity index is 1030. The highest BCUT2D eigenvalue weighted by atomic mass is 32.2. The number of hydrogen-bond acceptors (Lipinski definition) is 6. The van der Waals surface area contributed by atoms with Gasteiger partial charge in [-0.1, -0.05) is 12.5 Å². The molecule has 2 aromatic rings. The molecule has 0 bridgehead atoms. The Hall–Kier alpha value is -2.98. The predicted molar refractivity (Wildman–Crippen MR) is 107 cm³/mol. The molecule has 2 aromatic carbocycles. The maximum absolute atomic E-state index is 12.8. The van der Waals surface area contributed by atoms with Gasteiger partial charge in [-0.05, 0) is 37.1 Å². The molecule has 0 radical (unpaired) electrons. The fourth-order valence-corrected chi connectivity index (χ4v) is 4.72. The van der Waals surface area contributed by atoms with E-state index in [1.807, 2.05) is 0 Å². The zero-order valence-corrected chi connectivity index (χ0v) is 16.6. The second-order valence-electron chi connectivity index (χ2n) is 6.59. The molecule has 0 aromatic heterocycles. The van der Waals surface area contributed by atoms with Crippen LogP contribution in [0.1, 0.15) is 29.6 Å². The second kappa shape index (κ2) is 8.58. The first-order valence-electron chi connectivity index (χ1n) is 9.07. The van der Waals surface area contributed by atoms with Gasteiger partial charge in [0.15, 0.2) is 0 Å². The summed E-state index contributed by atoms with van der Waals surface area (Å²) in [4.78, 5) is 23.1. The molecule has 1 N–H and O–H groups in total. The number of ether oxygens (including phenoxy) is 1. The SMILES string of the molecule is COc1ccc([N+](=O)[O-])cc1NC(=O)c1cccc(S(=O)(=O)N2CCCCC2)c1. The number of anilines is 1. The van der Waals surface area contributed by atoms with Crippen LogP contribution in [0.25, 0.3) is 0 Å². The van der Waals surface area contributed by atoms with Crippen LogP contribution in [0, 0.1) is 10.1 Å². The number of benzene rings is 2. The molecule has 3 rings (SSSR count). The summed E-state index contributed by atoms with van der Waals surface area (Å²) in [5.74, 6) is -0.347. The Morgan fingerprint density at radius 2 is 1.86 bits per heavy atom. The molecule has 9 nitrogen and oxygen atoms in total. The zero-order chi connectivity index (χ0) is 21.0. The summed E-state index contributed by atoms with van der Waals surface area (Å²) in [6.45, 7) is 0.924. The number of rotatable bonds is 6. The Kier molecular flexibility index (Phi) is 6.14. The van der Waals surface area contributed by atoms with Gasteiger partial charge in [0.2, 0.25) is 10.0 Å². The Morgan fingerprint density at radius 1 is 1.14 bits per heavy atom. The number of non-ortho nitro benzene ring substituents is 1. The van der Waals surface area contributed by atoms with Crippen molar-refractivity contribution in [3.63, 3.8) is 0 Å². The van der Waals surface area contributed by atoms with Crippen molar-refractivity contribution >= 4 is 27.3 Å². The van der Waals surface area contributed by atoms with Gasteiger partial charge in [0.25, 0.3) is 11.6 Å². The minimum absolute atomic E-state index is 0.0399. The summed E-state index contributed by atoms with van der Waals surface area (Å²) in [6, 6.07) is 9.57. The average Bonchev–Trinajstić information content (AvgIpc) is 2.74. The lowest BCUT2D eigenvalue weighted by molar-refractivity contribution is -0.384. The molecule has 1 aliphatic heterocycles. The van der Waals surface area contributed by atoms with Crippen molar-refractivity contribution in [3.05, 3.63) is 58.1 Å². The normalized spacial score (nSPS) is 14.9. The van der Waals surface area contributed by atoms with Crippen molar-refractivity contribution in [2.45, 2.75) is 24.2 Å². The lowest BCUT2D eigenvalue weighted by Gasteiger charge is -2.26. The van der Waals surface area contributed by atoms with E-state index in [9.17, 15) is 23.3 Å². The summed E-state index contributed by atoms with van der Waals surface area (Å²) < 4.78 is 32.2. The zero-order valence-electron chi connectivity index (χ0n) is 15.8. The van der Waals surface area contributed by atoms with Gasteiger partial charge < -0.3 is 10.1 Å². The molecule has 29 heavy (non-hydrogen) atoms. The van der Waals surface area contributed by atoms with Gasteiger partial charge in [0.05, 0.1) is 22.6 Å². The van der Waals surface area contributed by atoms with Crippen molar-refractivity contribution in [1.29, 1.82) is 0 Å². The fraction of sp³-hybridized carbons (Fsp3) is 0.316. The van der Waals surface area contributed by atoms with E-state index in [1.54, 1.807) is 0 Å². The van der Waals surface area contributed by atoms with Gasteiger partial charge in [-0.15, -0.1) is 0 Å². The number of amides is 1. The average molecular weight is 419 g/mol. The van der Waals surface area contributed by atoms with Crippen LogP contribution in [0.3, 0.4) is 0 Å². The molecule has 1 fully saturated rings. The van der Waals surface area contributed by atoms with Crippen LogP contribution >= 0.6 is 0 Å². The quantitative estimate of drug-likeness (QED) is 0.568. The van der Waals surface area contributed by atoms with Crippen molar-refractivity contribution in [2.24, 2.45) is 0 Å². The Morgan fingerprint density at radius 3 is 2.52 bits per heavy atom. The Balaban J connectivity index is 1.87. The smallest absolute Gasteiger partial charge is 0.271 e. The molecular weight excluding hydrogens is 398 g/mol. The van der Waals surface area contributed by atoms with Crippen LogP contribution in [0.5, 0.6) is 5.75 Å². The number of nitrogens with one attached hydrogen (secondary N) is 1. The minimum atomic E-state index is -3.68. The number of nitro benzene ring substituents is 1. The highest BCUT2D eigenvalue weighted by molar-refractivity contribution is 7.89. The first-order chi connectivity index (χ1) is 13.8. The molecule has 0 saturated carbocycles. The van der Waals surface area contributed by atoms with Crippen molar-refractivity contribution in [2.75, 3.05) is 25.5 Å². The van der Waals surface area contributed by atoms with Gasteiger partial charge in [0, 0.05) is 30.8 Å². The first-order valence-corrected chi connectivity index (χ1v) is 10.5. The third-order valence-electron chi connectivity index (χ3n) is 4.69. The van der Waals surface area contributed by atoms with Crippen LogP contribution in [0.2, 0.25) is 0 Å². The molecule has 1 saturated heterocycles. The molecule has 1 heterocycles. The van der Waals surface area contributed by atoms with Crippen LogP contribution in [0.4, 0.5) is 11.4 Å². The third-order valence-corrected chi connectivity index (χ3v) is 6.59. The van der Waals surface area contributed by atoms with E-state index < -0.39 is 20.9 Å². The van der Waals surface area contributed by atoms with E-state index >= 15 is 0 Å². The summed E-state index contributed by atoms with van der Waals surface area (Å²) in [5.41, 5.74) is 0.0372. The van der Waals surface area contributed by atoms with E-state index in [0.717, 1.165) is 19.3 Å². The summed E-state index contributed by atoms with van der Waals surface area (Å²) in [7, 11) is -2.30. The lowest BCUT2D eigenvalue weighted by atomic mass is 10.2. The molecule has 0 atom stereocenters. The topological polar surface area (TPSA) is 119 Å². The fourth-order valence-electron chi connectivity index (χ4n) is 3.15. The van der Waals surface area contributed by atoms with Gasteiger partial charge in [-0.3, -0.25) is 14.9 Å². The number of nitrogens with zero attached hydrogens (tertiary/aromatic N) is 2. The third kappa shape index (κ3) is 4.54. The van der Waals surface area contributed by atoms with E-state index in [2.05, 4.69) is 5.32 Å². The summed E-state index contributed by atoms with van der Waals surface area (Å²) in [5, 5.41) is 13.5. The van der Waals surface area contributed by atoms with Gasteiger partial charge in [-0.25, -0.2) is 8.42 Å². The molecule has 10 heteroatoms. The predicted octanol–water partition coefficient (Wildman–Crippen LogP) is 3.03. The number of nitro groups is 1. The molecule has 0 spiro atoms. The number of carbonyl (C=O) groups excluding carboxylic acids is 1. The standard InChI is InChI=1S/C19H21N3O6S/c1-28-18-9-8-15(22(24)25)13-17(18)20-19(23)14-6-5-7-16(12-14)29(26,27)21-10-3-2-4-11-21/h5-9,12-13H,2-4,10-11H2,1H3,(H,20,23). The Labute approximate surface area is 168 Å². The highest BCUT2D eigenvalue weighted by Crippen LogP contribution is 2.29. The number of hydrogen-bond donors (Lipinski definition) is 1. The highest BCUT2D eigenvalue weighted by Gasteiger charge is 2.26. The maximum Gasteiger partial charge on any atom is 0.271 e. The second-order valence-corrected chi connectivity index (χ2v) is 8.53. The van der Waals surface area contributed by atoms with Crippen molar-refractivity contribution in [1.82, 2.24) is 4.31 Å². The van der Waals surface area contributed by atoms with Crippen molar-refractivity contribution < 1.29 is 22.9 Å². The molecule has 1 aliphatic rings. The molecule has 1 amide bonds. The summed E-state index contributed by atoms with van der Waals surface area (Å²) in [6.07, 6.45) is 2.62. The van der Waals surface area contributed by atoms with E-state index in [4.69, 9.17) is 4.74 Å². The van der Waals surface area contributed by atoms with Crippen LogP contribution in [0.15, 0.2) is 47.4 Å². The molecule has 0 unspecified atom stereocenters. The number of methoxy groups -OCH3 is 1. The largest absolute Gasteiger partial charge is 0.495 e. The van der Waals surface area contributed by atoms with Crippen LogP contribution in [-0.4, -0.2) is 43.8 Å². The number of carbonyl (C=O) groups is 1. The lowest BCUT2D eigenvalue weighted by Crippen LogP contribution is -2.35. The molecule has 154 valence electrons. The summed E-state index contributed by atoms with van der Waals surface area (Å²) >= 11 is 0. The first kappa shape index (κ1) is 20.7. The van der Waals surface area contributed by atoms with E-state index in [-0.39, 0.29) is 27.6 Å². The maximum atomic E-state index is 12.8. The van der Waals surface area contributed by atoms with Gasteiger partial charge >= 0.3 is 0 Å². The van der Waals surface area contributed by atoms with E-state index in [0.29, 0.717) is 13.1 Å². The minimum Gasteiger partial charge on any atom is -0.495 e.